The van der Waals surface area contributed by atoms with Crippen LogP contribution < -0.4 is 10.6 Å². The van der Waals surface area contributed by atoms with E-state index >= 15 is 0 Å². The number of nitrogens with zero attached hydrogens (tertiary/aromatic N) is 1. The average Bonchev–Trinajstić information content (AvgIpc) is 2.37. The Labute approximate surface area is 107 Å². The van der Waals surface area contributed by atoms with Gasteiger partial charge >= 0.3 is 0 Å². The fraction of sp³-hybridized carbons (Fsp3) is 0.462. The SMILES string of the molecule is CCC(C)C(=O)NCC(=O)Nc1ccc(C)cn1. The van der Waals surface area contributed by atoms with E-state index in [0.717, 1.165) is 12.0 Å². The van der Waals surface area contributed by atoms with Gasteiger partial charge in [-0.25, -0.2) is 4.98 Å². The second-order valence-electron chi connectivity index (χ2n) is 4.30. The van der Waals surface area contributed by atoms with Gasteiger partial charge in [-0.15, -0.1) is 0 Å². The number of amides is 2. The van der Waals surface area contributed by atoms with Crippen molar-refractivity contribution in [3.05, 3.63) is 23.9 Å². The third-order valence-electron chi connectivity index (χ3n) is 2.66. The molecular formula is C13H19N3O2. The summed E-state index contributed by atoms with van der Waals surface area (Å²) in [4.78, 5) is 27.1. The first-order chi connectivity index (χ1) is 8.52. The van der Waals surface area contributed by atoms with Crippen molar-refractivity contribution >= 4 is 17.6 Å². The minimum atomic E-state index is -0.275. The van der Waals surface area contributed by atoms with Crippen molar-refractivity contribution in [1.82, 2.24) is 10.3 Å². The maximum atomic E-state index is 11.5. The molecule has 0 aromatic carbocycles. The summed E-state index contributed by atoms with van der Waals surface area (Å²) in [7, 11) is 0. The fourth-order valence-corrected chi connectivity index (χ4v) is 1.26. The molecule has 98 valence electrons. The van der Waals surface area contributed by atoms with Gasteiger partial charge in [0.1, 0.15) is 5.82 Å². The summed E-state index contributed by atoms with van der Waals surface area (Å²) in [5.74, 6) is 0.0335. The van der Waals surface area contributed by atoms with Crippen LogP contribution in [0.3, 0.4) is 0 Å². The summed E-state index contributed by atoms with van der Waals surface area (Å²) in [6, 6.07) is 3.59. The molecule has 5 nitrogen and oxygen atoms in total. The van der Waals surface area contributed by atoms with Crippen LogP contribution in [0.4, 0.5) is 5.82 Å². The molecule has 0 aliphatic heterocycles. The Hall–Kier alpha value is -1.91. The van der Waals surface area contributed by atoms with Crippen molar-refractivity contribution in [2.45, 2.75) is 27.2 Å². The van der Waals surface area contributed by atoms with E-state index in [1.54, 1.807) is 12.3 Å². The molecule has 0 radical (unpaired) electrons. The first kappa shape index (κ1) is 14.2. The van der Waals surface area contributed by atoms with E-state index < -0.39 is 0 Å². The number of carbonyl (C=O) groups is 2. The highest BCUT2D eigenvalue weighted by Crippen LogP contribution is 2.03. The number of hydrogen-bond donors (Lipinski definition) is 2. The third-order valence-corrected chi connectivity index (χ3v) is 2.66. The van der Waals surface area contributed by atoms with Gasteiger partial charge in [-0.05, 0) is 25.0 Å². The Kier molecular flexibility index (Phi) is 5.30. The van der Waals surface area contributed by atoms with Gasteiger partial charge in [-0.3, -0.25) is 9.59 Å². The molecule has 1 aromatic rings. The molecule has 1 unspecified atom stereocenters. The zero-order valence-corrected chi connectivity index (χ0v) is 11.0. The van der Waals surface area contributed by atoms with Crippen molar-refractivity contribution in [3.63, 3.8) is 0 Å². The molecule has 0 saturated carbocycles. The lowest BCUT2D eigenvalue weighted by atomic mass is 10.1. The Bertz CT molecular complexity index is 415. The molecule has 1 heterocycles. The molecule has 0 spiro atoms. The van der Waals surface area contributed by atoms with Crippen molar-refractivity contribution in [3.8, 4) is 0 Å². The van der Waals surface area contributed by atoms with Crippen LogP contribution in [0.5, 0.6) is 0 Å². The van der Waals surface area contributed by atoms with Gasteiger partial charge < -0.3 is 10.6 Å². The first-order valence-electron chi connectivity index (χ1n) is 6.03. The van der Waals surface area contributed by atoms with E-state index in [9.17, 15) is 9.59 Å². The van der Waals surface area contributed by atoms with Gasteiger partial charge in [0.2, 0.25) is 11.8 Å². The predicted molar refractivity (Wildman–Crippen MR) is 70.1 cm³/mol. The normalized spacial score (nSPS) is 11.7. The van der Waals surface area contributed by atoms with Crippen molar-refractivity contribution in [1.29, 1.82) is 0 Å². The molecule has 18 heavy (non-hydrogen) atoms. The Morgan fingerprint density at radius 2 is 2.11 bits per heavy atom. The molecular weight excluding hydrogens is 230 g/mol. The topological polar surface area (TPSA) is 71.1 Å². The monoisotopic (exact) mass is 249 g/mol. The van der Waals surface area contributed by atoms with Gasteiger partial charge in [-0.2, -0.15) is 0 Å². The highest BCUT2D eigenvalue weighted by molar-refractivity contribution is 5.94. The molecule has 1 rings (SSSR count). The van der Waals surface area contributed by atoms with E-state index in [2.05, 4.69) is 15.6 Å². The lowest BCUT2D eigenvalue weighted by Gasteiger charge is -2.09. The first-order valence-corrected chi connectivity index (χ1v) is 6.03. The van der Waals surface area contributed by atoms with Gasteiger partial charge in [0.25, 0.3) is 0 Å². The van der Waals surface area contributed by atoms with Crippen LogP contribution in [0.1, 0.15) is 25.8 Å². The molecule has 0 aliphatic carbocycles. The largest absolute Gasteiger partial charge is 0.347 e. The molecule has 1 aromatic heterocycles. The number of aromatic nitrogens is 1. The quantitative estimate of drug-likeness (QED) is 0.830. The maximum Gasteiger partial charge on any atom is 0.244 e. The highest BCUT2D eigenvalue weighted by atomic mass is 16.2. The second-order valence-corrected chi connectivity index (χ2v) is 4.30. The maximum absolute atomic E-state index is 11.5. The predicted octanol–water partition coefficient (Wildman–Crippen LogP) is 1.49. The zero-order valence-electron chi connectivity index (χ0n) is 11.0. The minimum absolute atomic E-state index is 0.0290. The van der Waals surface area contributed by atoms with Crippen molar-refractivity contribution in [2.75, 3.05) is 11.9 Å². The van der Waals surface area contributed by atoms with E-state index in [1.807, 2.05) is 26.8 Å². The number of nitrogens with one attached hydrogen (secondary N) is 2. The number of aryl methyl sites for hydroxylation is 1. The summed E-state index contributed by atoms with van der Waals surface area (Å²) in [6.45, 7) is 5.65. The Balaban J connectivity index is 2.38. The lowest BCUT2D eigenvalue weighted by molar-refractivity contribution is -0.126. The fourth-order valence-electron chi connectivity index (χ4n) is 1.26. The van der Waals surface area contributed by atoms with Crippen LogP contribution in [-0.2, 0) is 9.59 Å². The van der Waals surface area contributed by atoms with Gasteiger partial charge in [-0.1, -0.05) is 19.9 Å². The molecule has 1 atom stereocenters. The van der Waals surface area contributed by atoms with Gasteiger partial charge in [0, 0.05) is 12.1 Å². The van der Waals surface area contributed by atoms with Crippen LogP contribution in [0.15, 0.2) is 18.3 Å². The third kappa shape index (κ3) is 4.53. The molecule has 0 bridgehead atoms. The summed E-state index contributed by atoms with van der Waals surface area (Å²) < 4.78 is 0. The average molecular weight is 249 g/mol. The molecule has 0 fully saturated rings. The Morgan fingerprint density at radius 1 is 1.39 bits per heavy atom. The number of rotatable bonds is 5. The van der Waals surface area contributed by atoms with Crippen LogP contribution >= 0.6 is 0 Å². The lowest BCUT2D eigenvalue weighted by Crippen LogP contribution is -2.35. The summed E-state index contributed by atoms with van der Waals surface area (Å²) >= 11 is 0. The molecule has 0 aliphatic rings. The standard InChI is InChI=1S/C13H19N3O2/c1-4-10(3)13(18)15-8-12(17)16-11-6-5-9(2)7-14-11/h5-7,10H,4,8H2,1-3H3,(H,15,18)(H,14,16,17). The number of anilines is 1. The van der Waals surface area contributed by atoms with E-state index in [-0.39, 0.29) is 24.3 Å². The minimum Gasteiger partial charge on any atom is -0.347 e. The molecule has 0 saturated heterocycles. The van der Waals surface area contributed by atoms with E-state index in [0.29, 0.717) is 5.82 Å². The molecule has 2 N–H and O–H groups in total. The van der Waals surface area contributed by atoms with Crippen molar-refractivity contribution < 1.29 is 9.59 Å². The van der Waals surface area contributed by atoms with Gasteiger partial charge in [0.15, 0.2) is 0 Å². The van der Waals surface area contributed by atoms with E-state index in [1.165, 1.54) is 0 Å². The highest BCUT2D eigenvalue weighted by Gasteiger charge is 2.11. The summed E-state index contributed by atoms with van der Waals surface area (Å²) in [5, 5.41) is 5.20. The zero-order chi connectivity index (χ0) is 13.5. The van der Waals surface area contributed by atoms with Crippen molar-refractivity contribution in [2.24, 2.45) is 5.92 Å². The number of pyridine rings is 1. The Morgan fingerprint density at radius 3 is 2.67 bits per heavy atom. The molecule has 2 amide bonds. The van der Waals surface area contributed by atoms with Gasteiger partial charge in [0.05, 0.1) is 6.54 Å². The van der Waals surface area contributed by atoms with E-state index in [4.69, 9.17) is 0 Å². The smallest absolute Gasteiger partial charge is 0.244 e. The van der Waals surface area contributed by atoms with Crippen LogP contribution in [0.25, 0.3) is 0 Å². The summed E-state index contributed by atoms with van der Waals surface area (Å²) in [5.41, 5.74) is 1.03. The number of hydrogen-bond acceptors (Lipinski definition) is 3. The van der Waals surface area contributed by atoms with Crippen LogP contribution in [0.2, 0.25) is 0 Å². The summed E-state index contributed by atoms with van der Waals surface area (Å²) in [6.07, 6.45) is 2.43. The van der Waals surface area contributed by atoms with Crippen LogP contribution in [-0.4, -0.2) is 23.3 Å². The second kappa shape index (κ2) is 6.74. The number of carbonyl (C=O) groups excluding carboxylic acids is 2. The van der Waals surface area contributed by atoms with Crippen LogP contribution in [0, 0.1) is 12.8 Å². The molecule has 5 heteroatoms.